The van der Waals surface area contributed by atoms with E-state index in [9.17, 15) is 13.2 Å². The van der Waals surface area contributed by atoms with E-state index < -0.39 is 10.0 Å². The molecule has 1 aromatic heterocycles. The molecule has 1 atom stereocenters. The summed E-state index contributed by atoms with van der Waals surface area (Å²) in [5, 5.41) is 4.78. The molecule has 1 amide bonds. The maximum Gasteiger partial charge on any atom is 0.252 e. The second-order valence-corrected chi connectivity index (χ2v) is 10.3. The molecule has 0 unspecified atom stereocenters. The average Bonchev–Trinajstić information content (AvgIpc) is 3.22. The van der Waals surface area contributed by atoms with Crippen LogP contribution in [0.15, 0.2) is 21.7 Å². The summed E-state index contributed by atoms with van der Waals surface area (Å²) in [7, 11) is -3.46. The van der Waals surface area contributed by atoms with Gasteiger partial charge >= 0.3 is 0 Å². The number of nitrogens with zero attached hydrogens (tertiary/aromatic N) is 2. The number of sulfonamides is 1. The first-order valence-electron chi connectivity index (χ1n) is 9.61. The fourth-order valence-corrected chi connectivity index (χ4v) is 6.42. The number of likely N-dealkylation sites (tertiary alicyclic amines) is 1. The zero-order valence-electron chi connectivity index (χ0n) is 15.2. The number of carbonyl (C=O) groups excluding carboxylic acids is 1. The molecule has 0 bridgehead atoms. The molecular weight excluding hydrogens is 370 g/mol. The van der Waals surface area contributed by atoms with Gasteiger partial charge < -0.3 is 10.2 Å². The molecule has 2 aliphatic rings. The average molecular weight is 400 g/mol. The Kier molecular flexibility index (Phi) is 7.08. The molecule has 0 radical (unpaired) electrons. The van der Waals surface area contributed by atoms with E-state index in [1.54, 1.807) is 17.5 Å². The number of thiophene rings is 1. The minimum absolute atomic E-state index is 0.00489. The summed E-state index contributed by atoms with van der Waals surface area (Å²) in [4.78, 5) is 14.9. The first-order valence-corrected chi connectivity index (χ1v) is 11.9. The minimum Gasteiger partial charge on any atom is -0.356 e. The molecule has 26 heavy (non-hydrogen) atoms. The SMILES string of the molecule is O=C(NCCCN1CCCCC1)[C@H]1CCCN(S(=O)(=O)c2cccs2)C1. The van der Waals surface area contributed by atoms with Gasteiger partial charge in [-0.1, -0.05) is 12.5 Å². The molecule has 8 heteroatoms. The fraction of sp³-hybridized carbons (Fsp3) is 0.722. The highest BCUT2D eigenvalue weighted by Crippen LogP contribution is 2.26. The lowest BCUT2D eigenvalue weighted by molar-refractivity contribution is -0.126. The number of rotatable bonds is 7. The molecule has 0 aliphatic carbocycles. The maximum atomic E-state index is 12.7. The van der Waals surface area contributed by atoms with Crippen LogP contribution in [0.5, 0.6) is 0 Å². The van der Waals surface area contributed by atoms with Crippen LogP contribution < -0.4 is 5.32 Å². The zero-order chi connectivity index (χ0) is 18.4. The van der Waals surface area contributed by atoms with Crippen LogP contribution in [0, 0.1) is 5.92 Å². The largest absolute Gasteiger partial charge is 0.356 e. The van der Waals surface area contributed by atoms with E-state index in [1.165, 1.54) is 48.0 Å². The first-order chi connectivity index (χ1) is 12.6. The van der Waals surface area contributed by atoms with Gasteiger partial charge in [-0.15, -0.1) is 11.3 Å². The Morgan fingerprint density at radius 1 is 1.19 bits per heavy atom. The number of hydrogen-bond donors (Lipinski definition) is 1. The molecule has 0 spiro atoms. The van der Waals surface area contributed by atoms with Gasteiger partial charge in [-0.25, -0.2) is 8.42 Å². The van der Waals surface area contributed by atoms with Crippen molar-refractivity contribution in [2.24, 2.45) is 5.92 Å². The van der Waals surface area contributed by atoms with Crippen LogP contribution in [0.4, 0.5) is 0 Å². The normalized spacial score (nSPS) is 23.0. The molecule has 2 aliphatic heterocycles. The molecule has 2 fully saturated rings. The standard InChI is InChI=1S/C18H29N3O3S2/c22-18(19-9-6-12-20-10-2-1-3-11-20)16-7-4-13-21(15-16)26(23,24)17-8-5-14-25-17/h5,8,14,16H,1-4,6-7,9-13,15H2,(H,19,22)/t16-/m0/s1. The second-order valence-electron chi connectivity index (χ2n) is 7.18. The van der Waals surface area contributed by atoms with Gasteiger partial charge in [0.05, 0.1) is 5.92 Å². The smallest absolute Gasteiger partial charge is 0.252 e. The van der Waals surface area contributed by atoms with Crippen molar-refractivity contribution in [2.75, 3.05) is 39.3 Å². The van der Waals surface area contributed by atoms with E-state index in [0.29, 0.717) is 17.3 Å². The van der Waals surface area contributed by atoms with Crippen molar-refractivity contribution in [3.63, 3.8) is 0 Å². The molecule has 1 N–H and O–H groups in total. The van der Waals surface area contributed by atoms with E-state index in [0.717, 1.165) is 25.8 Å². The van der Waals surface area contributed by atoms with Crippen LogP contribution in [0.1, 0.15) is 38.5 Å². The highest BCUT2D eigenvalue weighted by atomic mass is 32.2. The predicted octanol–water partition coefficient (Wildman–Crippen LogP) is 2.14. The van der Waals surface area contributed by atoms with Crippen molar-refractivity contribution in [2.45, 2.75) is 42.7 Å². The van der Waals surface area contributed by atoms with Crippen molar-refractivity contribution in [1.29, 1.82) is 0 Å². The van der Waals surface area contributed by atoms with Crippen molar-refractivity contribution >= 4 is 27.3 Å². The highest BCUT2D eigenvalue weighted by molar-refractivity contribution is 7.91. The summed E-state index contributed by atoms with van der Waals surface area (Å²) < 4.78 is 27.1. The molecule has 1 aromatic rings. The van der Waals surface area contributed by atoms with Crippen LogP contribution in [0.3, 0.4) is 0 Å². The van der Waals surface area contributed by atoms with Gasteiger partial charge in [-0.2, -0.15) is 4.31 Å². The number of amides is 1. The van der Waals surface area contributed by atoms with Gasteiger partial charge in [-0.3, -0.25) is 4.79 Å². The number of nitrogens with one attached hydrogen (secondary N) is 1. The molecular formula is C18H29N3O3S2. The first kappa shape index (κ1) is 19.8. The highest BCUT2D eigenvalue weighted by Gasteiger charge is 2.33. The number of hydrogen-bond acceptors (Lipinski definition) is 5. The van der Waals surface area contributed by atoms with Crippen LogP contribution in [0.25, 0.3) is 0 Å². The van der Waals surface area contributed by atoms with Crippen LogP contribution in [-0.4, -0.2) is 62.8 Å². The maximum absolute atomic E-state index is 12.7. The third-order valence-electron chi connectivity index (χ3n) is 5.24. The Hall–Kier alpha value is -0.960. The number of carbonyl (C=O) groups is 1. The predicted molar refractivity (Wildman–Crippen MR) is 104 cm³/mol. The van der Waals surface area contributed by atoms with Gasteiger partial charge in [-0.05, 0) is 63.2 Å². The van der Waals surface area contributed by atoms with Crippen molar-refractivity contribution in [1.82, 2.24) is 14.5 Å². The summed E-state index contributed by atoms with van der Waals surface area (Å²) >= 11 is 1.23. The van der Waals surface area contributed by atoms with Gasteiger partial charge in [0.2, 0.25) is 5.91 Å². The second kappa shape index (κ2) is 9.30. The van der Waals surface area contributed by atoms with Gasteiger partial charge in [0, 0.05) is 19.6 Å². The van der Waals surface area contributed by atoms with Crippen LogP contribution >= 0.6 is 11.3 Å². The zero-order valence-corrected chi connectivity index (χ0v) is 16.9. The fourth-order valence-electron chi connectivity index (χ4n) is 3.75. The molecule has 0 aromatic carbocycles. The van der Waals surface area contributed by atoms with Gasteiger partial charge in [0.25, 0.3) is 10.0 Å². The van der Waals surface area contributed by atoms with Crippen LogP contribution in [0.2, 0.25) is 0 Å². The van der Waals surface area contributed by atoms with Crippen LogP contribution in [-0.2, 0) is 14.8 Å². The summed E-state index contributed by atoms with van der Waals surface area (Å²) in [5.74, 6) is -0.247. The van der Waals surface area contributed by atoms with Gasteiger partial charge in [0.1, 0.15) is 4.21 Å². The molecule has 6 nitrogen and oxygen atoms in total. The summed E-state index contributed by atoms with van der Waals surface area (Å²) in [6.07, 6.45) is 6.34. The minimum atomic E-state index is -3.46. The van der Waals surface area contributed by atoms with E-state index >= 15 is 0 Å². The molecule has 146 valence electrons. The molecule has 0 saturated carbocycles. The van der Waals surface area contributed by atoms with Gasteiger partial charge in [0.15, 0.2) is 0 Å². The number of piperidine rings is 2. The van der Waals surface area contributed by atoms with Crippen molar-refractivity contribution in [3.8, 4) is 0 Å². The Bertz CT molecular complexity index is 670. The third kappa shape index (κ3) is 5.06. The summed E-state index contributed by atoms with van der Waals surface area (Å²) in [5.41, 5.74) is 0. The molecule has 3 heterocycles. The Morgan fingerprint density at radius 2 is 2.00 bits per heavy atom. The topological polar surface area (TPSA) is 69.7 Å². The quantitative estimate of drug-likeness (QED) is 0.713. The van der Waals surface area contributed by atoms with E-state index in [2.05, 4.69) is 10.2 Å². The van der Waals surface area contributed by atoms with Crippen molar-refractivity contribution in [3.05, 3.63) is 17.5 Å². The lowest BCUT2D eigenvalue weighted by Gasteiger charge is -2.31. The van der Waals surface area contributed by atoms with Crippen molar-refractivity contribution < 1.29 is 13.2 Å². The molecule has 2 saturated heterocycles. The third-order valence-corrected chi connectivity index (χ3v) is 8.48. The Balaban J connectivity index is 1.44. The molecule has 3 rings (SSSR count). The summed E-state index contributed by atoms with van der Waals surface area (Å²) in [6, 6.07) is 3.37. The monoisotopic (exact) mass is 399 g/mol. The Labute approximate surface area is 160 Å². The van der Waals surface area contributed by atoms with E-state index in [-0.39, 0.29) is 18.4 Å². The summed E-state index contributed by atoms with van der Waals surface area (Å²) in [6.45, 7) is 4.84. The van der Waals surface area contributed by atoms with E-state index in [1.807, 2.05) is 0 Å². The Morgan fingerprint density at radius 3 is 2.73 bits per heavy atom. The lowest BCUT2D eigenvalue weighted by atomic mass is 9.99. The lowest BCUT2D eigenvalue weighted by Crippen LogP contribution is -2.45. The van der Waals surface area contributed by atoms with E-state index in [4.69, 9.17) is 0 Å².